The molecule has 2 aliphatic heterocycles. The number of carbonyl (C=O) groups is 1. The van der Waals surface area contributed by atoms with Gasteiger partial charge in [0.25, 0.3) is 0 Å². The van der Waals surface area contributed by atoms with Gasteiger partial charge in [-0.1, -0.05) is 18.7 Å². The lowest BCUT2D eigenvalue weighted by Crippen LogP contribution is -2.56. The summed E-state index contributed by atoms with van der Waals surface area (Å²) in [7, 11) is -4.14. The summed E-state index contributed by atoms with van der Waals surface area (Å²) >= 11 is 0. The van der Waals surface area contributed by atoms with Crippen LogP contribution in [0.5, 0.6) is 0 Å². The molecule has 0 radical (unpaired) electrons. The number of amides is 1. The van der Waals surface area contributed by atoms with Crippen LogP contribution in [0.2, 0.25) is 0 Å². The highest BCUT2D eigenvalue weighted by Gasteiger charge is 2.42. The summed E-state index contributed by atoms with van der Waals surface area (Å²) in [5, 5.41) is 3.16. The van der Waals surface area contributed by atoms with Crippen molar-refractivity contribution in [2.24, 2.45) is 4.99 Å². The number of benzene rings is 2. The van der Waals surface area contributed by atoms with Gasteiger partial charge in [-0.05, 0) is 73.7 Å². The smallest absolute Gasteiger partial charge is 0.355 e. The molecule has 210 valence electrons. The predicted octanol–water partition coefficient (Wildman–Crippen LogP) is 4.36. The molecule has 1 atom stereocenters. The van der Waals surface area contributed by atoms with E-state index in [0.717, 1.165) is 53.5 Å². The molecular formula is C27H30F4N4O3S. The summed E-state index contributed by atoms with van der Waals surface area (Å²) in [4.78, 5) is 19.1. The Labute approximate surface area is 225 Å². The number of halogens is 4. The highest BCUT2D eigenvalue weighted by atomic mass is 32.2. The van der Waals surface area contributed by atoms with E-state index >= 15 is 0 Å². The average molecular weight is 567 g/mol. The second kappa shape index (κ2) is 11.1. The van der Waals surface area contributed by atoms with Crippen molar-refractivity contribution in [3.8, 4) is 0 Å². The Morgan fingerprint density at radius 1 is 1.10 bits per heavy atom. The maximum absolute atomic E-state index is 13.4. The van der Waals surface area contributed by atoms with Crippen molar-refractivity contribution >= 4 is 21.8 Å². The van der Waals surface area contributed by atoms with Gasteiger partial charge in [-0.2, -0.15) is 17.5 Å². The number of hydrogen-bond acceptors (Lipinski definition) is 5. The zero-order valence-electron chi connectivity index (χ0n) is 21.5. The fraction of sp³-hybridized carbons (Fsp3) is 0.407. The van der Waals surface area contributed by atoms with Crippen LogP contribution in [-0.2, 0) is 27.5 Å². The maximum atomic E-state index is 13.4. The lowest BCUT2D eigenvalue weighted by molar-refractivity contribution is -0.137. The quantitative estimate of drug-likeness (QED) is 0.458. The van der Waals surface area contributed by atoms with Gasteiger partial charge in [-0.3, -0.25) is 9.79 Å². The molecule has 2 aliphatic rings. The van der Waals surface area contributed by atoms with Crippen LogP contribution < -0.4 is 5.32 Å². The molecule has 0 saturated carbocycles. The normalized spacial score (nSPS) is 19.7. The van der Waals surface area contributed by atoms with Gasteiger partial charge in [-0.15, -0.1) is 0 Å². The van der Waals surface area contributed by atoms with Crippen molar-refractivity contribution in [1.29, 1.82) is 0 Å². The first-order valence-corrected chi connectivity index (χ1v) is 14.0. The van der Waals surface area contributed by atoms with E-state index in [4.69, 9.17) is 0 Å². The summed E-state index contributed by atoms with van der Waals surface area (Å²) in [6.07, 6.45) is -2.46. The Kier molecular flexibility index (Phi) is 8.17. The lowest BCUT2D eigenvalue weighted by Gasteiger charge is -2.29. The Morgan fingerprint density at radius 2 is 1.72 bits per heavy atom. The molecule has 0 unspecified atom stereocenters. The Bertz CT molecular complexity index is 1350. The number of carbonyl (C=O) groups excluding carboxylic acids is 1. The van der Waals surface area contributed by atoms with E-state index in [1.54, 1.807) is 11.8 Å². The van der Waals surface area contributed by atoms with E-state index in [1.807, 2.05) is 0 Å². The van der Waals surface area contributed by atoms with Crippen LogP contribution >= 0.6 is 0 Å². The minimum atomic E-state index is -4.52. The van der Waals surface area contributed by atoms with Crippen molar-refractivity contribution in [3.63, 3.8) is 0 Å². The highest BCUT2D eigenvalue weighted by Crippen LogP contribution is 2.30. The van der Waals surface area contributed by atoms with Crippen LogP contribution in [0, 0.1) is 5.82 Å². The molecule has 0 aromatic heterocycles. The van der Waals surface area contributed by atoms with Gasteiger partial charge < -0.3 is 10.2 Å². The second-order valence-corrected chi connectivity index (χ2v) is 11.9. The third-order valence-electron chi connectivity index (χ3n) is 6.90. The Morgan fingerprint density at radius 3 is 2.31 bits per heavy atom. The maximum Gasteiger partial charge on any atom is 0.416 e. The van der Waals surface area contributed by atoms with Crippen LogP contribution in [0.4, 0.5) is 17.6 Å². The largest absolute Gasteiger partial charge is 0.416 e. The van der Waals surface area contributed by atoms with Gasteiger partial charge >= 0.3 is 6.18 Å². The minimum Gasteiger partial charge on any atom is -0.355 e. The predicted molar refractivity (Wildman–Crippen MR) is 139 cm³/mol. The molecule has 0 bridgehead atoms. The fourth-order valence-corrected chi connectivity index (χ4v) is 6.02. The van der Waals surface area contributed by atoms with Crippen molar-refractivity contribution in [2.75, 3.05) is 26.2 Å². The number of likely N-dealkylation sites (tertiary alicyclic amines) is 1. The van der Waals surface area contributed by atoms with Crippen molar-refractivity contribution in [2.45, 2.75) is 49.3 Å². The minimum absolute atomic E-state index is 0.0469. The van der Waals surface area contributed by atoms with Gasteiger partial charge in [0.1, 0.15) is 17.2 Å². The Balaban J connectivity index is 1.49. The van der Waals surface area contributed by atoms with Crippen molar-refractivity contribution in [3.05, 3.63) is 77.6 Å². The number of nitrogens with zero attached hydrogens (tertiary/aromatic N) is 3. The summed E-state index contributed by atoms with van der Waals surface area (Å²) in [5.74, 6) is -0.235. The lowest BCUT2D eigenvalue weighted by atomic mass is 10.0. The van der Waals surface area contributed by atoms with E-state index in [2.05, 4.69) is 16.9 Å². The molecule has 1 fully saturated rings. The molecule has 4 rings (SSSR count). The molecule has 7 nitrogen and oxygen atoms in total. The van der Waals surface area contributed by atoms with Gasteiger partial charge in [0.15, 0.2) is 0 Å². The zero-order valence-corrected chi connectivity index (χ0v) is 22.3. The van der Waals surface area contributed by atoms with Gasteiger partial charge in [-0.25, -0.2) is 12.8 Å². The summed E-state index contributed by atoms with van der Waals surface area (Å²) in [6, 6.07) is 8.56. The molecule has 39 heavy (non-hydrogen) atoms. The first-order chi connectivity index (χ1) is 18.3. The highest BCUT2D eigenvalue weighted by molar-refractivity contribution is 7.89. The first-order valence-electron chi connectivity index (χ1n) is 12.5. The molecular weight excluding hydrogens is 536 g/mol. The topological polar surface area (TPSA) is 82.1 Å². The van der Waals surface area contributed by atoms with Gasteiger partial charge in [0.05, 0.1) is 17.0 Å². The molecule has 2 aromatic rings. The molecule has 2 heterocycles. The van der Waals surface area contributed by atoms with E-state index in [-0.39, 0.29) is 36.9 Å². The number of aliphatic imine (C=N–C) groups is 1. The summed E-state index contributed by atoms with van der Waals surface area (Å²) in [6.45, 7) is 7.14. The standard InChI is InChI=1S/C27H30F4N4O3S/c1-19(24-32-18-26(2,33-24)25(36)34-14-3-4-15-34)13-16-35(39(37,38)23-11-9-22(28)10-12-23)17-20-5-7-21(8-6-20)27(29,30)31/h5-12H,1,3-4,13-18H2,2H3,(H,32,33)/t26-/m1/s1. The number of rotatable bonds is 9. The average Bonchev–Trinajstić information content (AvgIpc) is 3.57. The summed E-state index contributed by atoms with van der Waals surface area (Å²) in [5.41, 5.74) is -0.925. The van der Waals surface area contributed by atoms with Gasteiger partial charge in [0, 0.05) is 26.2 Å². The molecule has 1 amide bonds. The fourth-order valence-electron chi connectivity index (χ4n) is 4.59. The number of hydrogen-bond donors (Lipinski definition) is 1. The van der Waals surface area contributed by atoms with Crippen LogP contribution in [0.25, 0.3) is 0 Å². The second-order valence-electron chi connectivity index (χ2n) is 9.96. The van der Waals surface area contributed by atoms with E-state index in [1.165, 1.54) is 12.1 Å². The molecule has 1 saturated heterocycles. The van der Waals surface area contributed by atoms with Crippen LogP contribution in [-0.4, -0.2) is 61.1 Å². The zero-order chi connectivity index (χ0) is 28.4. The third kappa shape index (κ3) is 6.50. The van der Waals surface area contributed by atoms with Crippen LogP contribution in [0.1, 0.15) is 37.3 Å². The number of alkyl halides is 3. The Hall–Kier alpha value is -3.25. The number of sulfonamides is 1. The monoisotopic (exact) mass is 566 g/mol. The summed E-state index contributed by atoms with van der Waals surface area (Å²) < 4.78 is 80.4. The number of nitrogens with one attached hydrogen (secondary N) is 1. The van der Waals surface area contributed by atoms with E-state index in [0.29, 0.717) is 30.1 Å². The van der Waals surface area contributed by atoms with Crippen molar-refractivity contribution in [1.82, 2.24) is 14.5 Å². The molecule has 12 heteroatoms. The molecule has 2 aromatic carbocycles. The van der Waals surface area contributed by atoms with E-state index < -0.39 is 33.1 Å². The molecule has 0 spiro atoms. The molecule has 1 N–H and O–H groups in total. The van der Waals surface area contributed by atoms with Crippen LogP contribution in [0.3, 0.4) is 0 Å². The third-order valence-corrected chi connectivity index (χ3v) is 8.76. The van der Waals surface area contributed by atoms with Crippen LogP contribution in [0.15, 0.2) is 70.6 Å². The first kappa shape index (κ1) is 28.8. The number of amidine groups is 1. The van der Waals surface area contributed by atoms with Crippen molar-refractivity contribution < 1.29 is 30.8 Å². The SMILES string of the molecule is C=C(CCN(Cc1ccc(C(F)(F)F)cc1)S(=O)(=O)c1ccc(F)cc1)C1=NC[C@](C)(C(=O)N2CCCC2)N1. The van der Waals surface area contributed by atoms with E-state index in [9.17, 15) is 30.8 Å². The van der Waals surface area contributed by atoms with Gasteiger partial charge in [0.2, 0.25) is 15.9 Å². The molecule has 0 aliphatic carbocycles.